The molecule has 1 unspecified atom stereocenters. The van der Waals surface area contributed by atoms with Gasteiger partial charge in [0.2, 0.25) is 0 Å². The molecule has 3 rings (SSSR count). The van der Waals surface area contributed by atoms with Crippen LogP contribution in [0.5, 0.6) is 0 Å². The van der Waals surface area contributed by atoms with Crippen LogP contribution in [0.25, 0.3) is 10.9 Å². The molecule has 0 amide bonds. The summed E-state index contributed by atoms with van der Waals surface area (Å²) in [7, 11) is 0. The van der Waals surface area contributed by atoms with Crippen LogP contribution in [0.3, 0.4) is 0 Å². The number of aliphatic hydroxyl groups excluding tert-OH is 1. The van der Waals surface area contributed by atoms with Crippen molar-refractivity contribution >= 4 is 28.5 Å². The highest BCUT2D eigenvalue weighted by Gasteiger charge is 2.34. The zero-order chi connectivity index (χ0) is 30.8. The van der Waals surface area contributed by atoms with Crippen LogP contribution >= 0.6 is 0 Å². The quantitative estimate of drug-likeness (QED) is 0.102. The van der Waals surface area contributed by atoms with Crippen molar-refractivity contribution < 1.29 is 24.9 Å². The molecule has 1 aliphatic rings. The maximum atomic E-state index is 11.0. The number of carboxylic acid groups (broad SMARTS) is 2. The van der Waals surface area contributed by atoms with Gasteiger partial charge < -0.3 is 20.6 Å². The van der Waals surface area contributed by atoms with E-state index in [4.69, 9.17) is 15.2 Å². The van der Waals surface area contributed by atoms with Crippen LogP contribution in [0, 0.1) is 5.41 Å². The van der Waals surface area contributed by atoms with Gasteiger partial charge in [-0.2, -0.15) is 0 Å². The molecule has 0 spiro atoms. The molecule has 0 aliphatic heterocycles. The molecule has 0 saturated carbocycles. The summed E-state index contributed by atoms with van der Waals surface area (Å²) in [6, 6.07) is 8.38. The zero-order valence-electron chi connectivity index (χ0n) is 26.2. The number of aromatic nitrogens is 1. The summed E-state index contributed by atoms with van der Waals surface area (Å²) >= 11 is 0. The lowest BCUT2D eigenvalue weighted by molar-refractivity contribution is -0.134. The lowest BCUT2D eigenvalue weighted by atomic mass is 9.74. The lowest BCUT2D eigenvalue weighted by Gasteiger charge is -2.35. The molecule has 1 aromatic heterocycles. The summed E-state index contributed by atoms with van der Waals surface area (Å²) in [5.74, 6) is -2.51. The van der Waals surface area contributed by atoms with Gasteiger partial charge in [-0.1, -0.05) is 122 Å². The first-order valence-corrected chi connectivity index (χ1v) is 16.1. The molecule has 1 atom stereocenters. The average molecular weight is 583 g/mol. The minimum absolute atomic E-state index is 0.0910. The van der Waals surface area contributed by atoms with E-state index >= 15 is 0 Å². The number of nitrogens with zero attached hydrogens (tertiary/aromatic N) is 1. The number of carboxylic acids is 2. The van der Waals surface area contributed by atoms with Crippen molar-refractivity contribution in [1.82, 2.24) is 4.98 Å². The largest absolute Gasteiger partial charge is 0.478 e. The van der Waals surface area contributed by atoms with Crippen LogP contribution in [0.1, 0.15) is 134 Å². The highest BCUT2D eigenvalue weighted by molar-refractivity contribution is 5.93. The first-order valence-electron chi connectivity index (χ1n) is 16.1. The normalized spacial score (nSPS) is 15.7. The highest BCUT2D eigenvalue weighted by atomic mass is 16.4. The Labute approximate surface area is 252 Å². The fourth-order valence-electron chi connectivity index (χ4n) is 5.79. The fourth-order valence-corrected chi connectivity index (χ4v) is 5.79. The molecule has 1 aromatic carbocycles. The SMILES string of the molecule is CCCCCCCCCCCCCCCCNc1c2c(nc3ccccc13)CC(C)(C)CC2O.O=C(O)/C=C/C(=O)O. The number of anilines is 1. The van der Waals surface area contributed by atoms with Gasteiger partial charge in [-0.25, -0.2) is 9.59 Å². The summed E-state index contributed by atoms with van der Waals surface area (Å²) in [6.07, 6.45) is 21.8. The topological polar surface area (TPSA) is 120 Å². The maximum Gasteiger partial charge on any atom is 0.328 e. The van der Waals surface area contributed by atoms with Crippen molar-refractivity contribution in [2.75, 3.05) is 11.9 Å². The van der Waals surface area contributed by atoms with E-state index in [1.54, 1.807) is 0 Å². The van der Waals surface area contributed by atoms with Crippen LogP contribution in [-0.2, 0) is 16.0 Å². The van der Waals surface area contributed by atoms with Gasteiger partial charge in [0.05, 0.1) is 17.3 Å². The van der Waals surface area contributed by atoms with E-state index in [2.05, 4.69) is 50.4 Å². The standard InChI is InChI=1S/C31H50N2O.C4H4O4/c1-4-5-6-7-8-9-10-11-12-13-14-15-16-19-22-32-30-25-20-17-18-21-26(25)33-27-23-31(2,3)24-28(34)29(27)30;5-3(6)1-2-4(7)8/h17-18,20-21,28,34H,4-16,19,22-24H2,1-3H3,(H,32,33);1-2H,(H,5,6)(H,7,8)/b;2-1+. The number of hydrogen-bond donors (Lipinski definition) is 4. The van der Waals surface area contributed by atoms with Gasteiger partial charge in [-0.15, -0.1) is 0 Å². The summed E-state index contributed by atoms with van der Waals surface area (Å²) in [5, 5.41) is 31.5. The second-order valence-corrected chi connectivity index (χ2v) is 12.5. The smallest absolute Gasteiger partial charge is 0.328 e. The van der Waals surface area contributed by atoms with E-state index in [-0.39, 0.29) is 5.41 Å². The monoisotopic (exact) mass is 582 g/mol. The average Bonchev–Trinajstić information content (AvgIpc) is 2.93. The van der Waals surface area contributed by atoms with Crippen molar-refractivity contribution in [1.29, 1.82) is 0 Å². The van der Waals surface area contributed by atoms with Gasteiger partial charge in [0.1, 0.15) is 0 Å². The zero-order valence-corrected chi connectivity index (χ0v) is 26.2. The molecule has 7 heteroatoms. The van der Waals surface area contributed by atoms with Gasteiger partial charge in [-0.05, 0) is 30.7 Å². The number of unbranched alkanes of at least 4 members (excludes halogenated alkanes) is 13. The summed E-state index contributed by atoms with van der Waals surface area (Å²) in [4.78, 5) is 24.1. The second kappa shape index (κ2) is 19.3. The van der Waals surface area contributed by atoms with E-state index < -0.39 is 18.0 Å². The first-order chi connectivity index (χ1) is 20.1. The van der Waals surface area contributed by atoms with Gasteiger partial charge >= 0.3 is 11.9 Å². The Hall–Kier alpha value is -2.93. The predicted octanol–water partition coefficient (Wildman–Crippen LogP) is 8.85. The van der Waals surface area contributed by atoms with E-state index in [0.717, 1.165) is 47.2 Å². The van der Waals surface area contributed by atoms with Gasteiger partial charge in [0.15, 0.2) is 0 Å². The lowest BCUT2D eigenvalue weighted by Crippen LogP contribution is -2.27. The molecule has 0 bridgehead atoms. The number of benzene rings is 1. The summed E-state index contributed by atoms with van der Waals surface area (Å²) < 4.78 is 0. The Bertz CT molecular complexity index is 1110. The number of hydrogen-bond acceptors (Lipinski definition) is 5. The van der Waals surface area contributed by atoms with Crippen LogP contribution in [0.15, 0.2) is 36.4 Å². The number of para-hydroxylation sites is 1. The van der Waals surface area contributed by atoms with Gasteiger partial charge in [0.25, 0.3) is 0 Å². The number of carbonyl (C=O) groups is 2. The van der Waals surface area contributed by atoms with Crippen molar-refractivity contribution in [3.63, 3.8) is 0 Å². The summed E-state index contributed by atoms with van der Waals surface area (Å²) in [5.41, 5.74) is 4.37. The Kier molecular flexibility index (Phi) is 16.2. The van der Waals surface area contributed by atoms with Crippen LogP contribution in [0.2, 0.25) is 0 Å². The molecule has 234 valence electrons. The van der Waals surface area contributed by atoms with Crippen LogP contribution in [0.4, 0.5) is 5.69 Å². The molecule has 4 N–H and O–H groups in total. The number of aliphatic carboxylic acids is 2. The summed E-state index contributed by atoms with van der Waals surface area (Å²) in [6.45, 7) is 7.72. The van der Waals surface area contributed by atoms with E-state index in [0.29, 0.717) is 12.2 Å². The molecular weight excluding hydrogens is 528 g/mol. The third-order valence-electron chi connectivity index (χ3n) is 7.93. The minimum Gasteiger partial charge on any atom is -0.478 e. The molecule has 1 aliphatic carbocycles. The van der Waals surface area contributed by atoms with E-state index in [9.17, 15) is 14.7 Å². The first kappa shape index (κ1) is 35.3. The Morgan fingerprint density at radius 2 is 1.36 bits per heavy atom. The number of pyridine rings is 1. The Morgan fingerprint density at radius 1 is 0.857 bits per heavy atom. The van der Waals surface area contributed by atoms with E-state index in [1.807, 2.05) is 0 Å². The number of aliphatic hydroxyl groups is 1. The molecule has 1 heterocycles. The van der Waals surface area contributed by atoms with Crippen molar-refractivity contribution in [2.45, 2.75) is 130 Å². The van der Waals surface area contributed by atoms with Gasteiger partial charge in [0, 0.05) is 35.3 Å². The minimum atomic E-state index is -1.26. The molecule has 0 saturated heterocycles. The van der Waals surface area contributed by atoms with Crippen molar-refractivity contribution in [3.8, 4) is 0 Å². The number of fused-ring (bicyclic) bond motifs is 2. The van der Waals surface area contributed by atoms with Gasteiger partial charge in [-0.3, -0.25) is 4.98 Å². The van der Waals surface area contributed by atoms with Crippen molar-refractivity contribution in [3.05, 3.63) is 47.7 Å². The molecular formula is C35H54N2O5. The number of nitrogens with one attached hydrogen (secondary N) is 1. The molecule has 42 heavy (non-hydrogen) atoms. The van der Waals surface area contributed by atoms with Crippen LogP contribution < -0.4 is 5.32 Å². The third-order valence-corrected chi connectivity index (χ3v) is 7.93. The number of rotatable bonds is 18. The maximum absolute atomic E-state index is 11.0. The van der Waals surface area contributed by atoms with Crippen LogP contribution in [-0.4, -0.2) is 38.8 Å². The highest BCUT2D eigenvalue weighted by Crippen LogP contribution is 2.45. The third kappa shape index (κ3) is 13.4. The van der Waals surface area contributed by atoms with Crippen molar-refractivity contribution in [2.24, 2.45) is 5.41 Å². The second-order valence-electron chi connectivity index (χ2n) is 12.5. The predicted molar refractivity (Wildman–Crippen MR) is 172 cm³/mol. The Balaban J connectivity index is 0.000000675. The molecule has 0 fully saturated rings. The Morgan fingerprint density at radius 3 is 1.88 bits per heavy atom. The molecule has 7 nitrogen and oxygen atoms in total. The fraction of sp³-hybridized carbons (Fsp3) is 0.629. The van der Waals surface area contributed by atoms with E-state index in [1.165, 1.54) is 89.9 Å². The molecule has 2 aromatic rings. The molecule has 0 radical (unpaired) electrons.